The van der Waals surface area contributed by atoms with Gasteiger partial charge in [0.1, 0.15) is 18.4 Å². The van der Waals surface area contributed by atoms with Crippen LogP contribution in [-0.4, -0.2) is 41.6 Å². The molecule has 1 aliphatic rings. The van der Waals surface area contributed by atoms with E-state index in [0.29, 0.717) is 24.2 Å². The fourth-order valence-electron chi connectivity index (χ4n) is 3.01. The normalized spacial score (nSPS) is 19.0. The SMILES string of the molecule is CC(C)(C)[C@H](Nc1cccc(C=O)c1)C(=O)N1CCCC1C(N)=O. The Morgan fingerprint density at radius 1 is 1.38 bits per heavy atom. The van der Waals surface area contributed by atoms with Crippen molar-refractivity contribution in [1.82, 2.24) is 4.90 Å². The second kappa shape index (κ2) is 7.03. The number of carbonyl (C=O) groups is 3. The zero-order valence-electron chi connectivity index (χ0n) is 14.4. The van der Waals surface area contributed by atoms with Crippen LogP contribution in [0.5, 0.6) is 0 Å². The molecule has 6 heteroatoms. The molecule has 130 valence electrons. The number of likely N-dealkylation sites (tertiary alicyclic amines) is 1. The lowest BCUT2D eigenvalue weighted by atomic mass is 9.85. The molecule has 0 bridgehead atoms. The number of amides is 2. The maximum absolute atomic E-state index is 13.1. The minimum atomic E-state index is -0.537. The number of hydrogen-bond acceptors (Lipinski definition) is 4. The monoisotopic (exact) mass is 331 g/mol. The Hall–Kier alpha value is -2.37. The van der Waals surface area contributed by atoms with E-state index < -0.39 is 18.0 Å². The number of nitrogens with zero attached hydrogens (tertiary/aromatic N) is 1. The van der Waals surface area contributed by atoms with Gasteiger partial charge in [0, 0.05) is 17.8 Å². The van der Waals surface area contributed by atoms with Crippen molar-refractivity contribution in [1.29, 1.82) is 0 Å². The molecule has 0 saturated carbocycles. The third-order valence-corrected chi connectivity index (χ3v) is 4.31. The zero-order valence-corrected chi connectivity index (χ0v) is 14.4. The third kappa shape index (κ3) is 3.93. The first-order chi connectivity index (χ1) is 11.2. The van der Waals surface area contributed by atoms with Crippen LogP contribution in [0.25, 0.3) is 0 Å². The summed E-state index contributed by atoms with van der Waals surface area (Å²) in [4.78, 5) is 37.2. The van der Waals surface area contributed by atoms with Gasteiger partial charge in [-0.05, 0) is 30.4 Å². The molecule has 0 spiro atoms. The van der Waals surface area contributed by atoms with E-state index in [9.17, 15) is 14.4 Å². The maximum Gasteiger partial charge on any atom is 0.246 e. The smallest absolute Gasteiger partial charge is 0.246 e. The lowest BCUT2D eigenvalue weighted by molar-refractivity contribution is -0.139. The molecule has 3 N–H and O–H groups in total. The molecule has 0 radical (unpaired) electrons. The first-order valence-electron chi connectivity index (χ1n) is 8.15. The molecular weight excluding hydrogens is 306 g/mol. The van der Waals surface area contributed by atoms with Gasteiger partial charge in [0.2, 0.25) is 11.8 Å². The number of benzene rings is 1. The van der Waals surface area contributed by atoms with E-state index in [0.717, 1.165) is 12.7 Å². The van der Waals surface area contributed by atoms with Crippen LogP contribution in [0.3, 0.4) is 0 Å². The quantitative estimate of drug-likeness (QED) is 0.805. The van der Waals surface area contributed by atoms with Crippen molar-refractivity contribution in [2.75, 3.05) is 11.9 Å². The van der Waals surface area contributed by atoms with Crippen LogP contribution < -0.4 is 11.1 Å². The van der Waals surface area contributed by atoms with Crippen LogP contribution >= 0.6 is 0 Å². The number of anilines is 1. The fraction of sp³-hybridized carbons (Fsp3) is 0.500. The summed E-state index contributed by atoms with van der Waals surface area (Å²) >= 11 is 0. The molecule has 1 saturated heterocycles. The maximum atomic E-state index is 13.1. The molecular formula is C18H25N3O3. The average molecular weight is 331 g/mol. The van der Waals surface area contributed by atoms with Gasteiger partial charge in [0.05, 0.1) is 0 Å². The van der Waals surface area contributed by atoms with Crippen molar-refractivity contribution in [3.05, 3.63) is 29.8 Å². The molecule has 0 aromatic heterocycles. The van der Waals surface area contributed by atoms with Crippen molar-refractivity contribution in [3.8, 4) is 0 Å². The van der Waals surface area contributed by atoms with Crippen LogP contribution in [0.4, 0.5) is 5.69 Å². The summed E-state index contributed by atoms with van der Waals surface area (Å²) < 4.78 is 0. The van der Waals surface area contributed by atoms with Crippen molar-refractivity contribution < 1.29 is 14.4 Å². The first-order valence-corrected chi connectivity index (χ1v) is 8.15. The van der Waals surface area contributed by atoms with Crippen molar-refractivity contribution in [3.63, 3.8) is 0 Å². The highest BCUT2D eigenvalue weighted by Crippen LogP contribution is 2.28. The number of nitrogens with two attached hydrogens (primary N) is 1. The summed E-state index contributed by atoms with van der Waals surface area (Å²) in [6.07, 6.45) is 2.15. The molecule has 1 heterocycles. The molecule has 2 atom stereocenters. The number of hydrogen-bond donors (Lipinski definition) is 2. The minimum absolute atomic E-state index is 0.139. The lowest BCUT2D eigenvalue weighted by Crippen LogP contribution is -2.53. The highest BCUT2D eigenvalue weighted by atomic mass is 16.2. The van der Waals surface area contributed by atoms with Crippen LogP contribution in [-0.2, 0) is 9.59 Å². The highest BCUT2D eigenvalue weighted by molar-refractivity contribution is 5.91. The summed E-state index contributed by atoms with van der Waals surface area (Å²) in [7, 11) is 0. The summed E-state index contributed by atoms with van der Waals surface area (Å²) in [5.74, 6) is -0.600. The van der Waals surface area contributed by atoms with Gasteiger partial charge in [0.15, 0.2) is 0 Å². The van der Waals surface area contributed by atoms with Crippen LogP contribution in [0.2, 0.25) is 0 Å². The molecule has 6 nitrogen and oxygen atoms in total. The molecule has 1 aliphatic heterocycles. The largest absolute Gasteiger partial charge is 0.373 e. The summed E-state index contributed by atoms with van der Waals surface area (Å²) in [5, 5.41) is 3.23. The molecule has 2 rings (SSSR count). The Kier molecular flexibility index (Phi) is 5.26. The summed E-state index contributed by atoms with van der Waals surface area (Å²) in [6.45, 7) is 6.42. The van der Waals surface area contributed by atoms with Crippen LogP contribution in [0.15, 0.2) is 24.3 Å². The molecule has 1 unspecified atom stereocenters. The van der Waals surface area contributed by atoms with E-state index in [2.05, 4.69) is 5.32 Å². The molecule has 0 aliphatic carbocycles. The second-order valence-electron chi connectivity index (χ2n) is 7.28. The van der Waals surface area contributed by atoms with Crippen LogP contribution in [0, 0.1) is 5.41 Å². The number of nitrogens with one attached hydrogen (secondary N) is 1. The van der Waals surface area contributed by atoms with E-state index in [1.807, 2.05) is 26.8 Å². The molecule has 1 aromatic rings. The first kappa shape index (κ1) is 18.0. The predicted octanol–water partition coefficient (Wildman–Crippen LogP) is 1.80. The van der Waals surface area contributed by atoms with E-state index >= 15 is 0 Å². The summed E-state index contributed by atoms with van der Waals surface area (Å²) in [6, 6.07) is 5.92. The lowest BCUT2D eigenvalue weighted by Gasteiger charge is -2.35. The molecule has 2 amide bonds. The Labute approximate surface area is 142 Å². The van der Waals surface area contributed by atoms with E-state index in [4.69, 9.17) is 5.73 Å². The fourth-order valence-corrected chi connectivity index (χ4v) is 3.01. The number of primary amides is 1. The zero-order chi connectivity index (χ0) is 17.9. The van der Waals surface area contributed by atoms with E-state index in [1.165, 1.54) is 0 Å². The Bertz CT molecular complexity index is 637. The molecule has 1 aromatic carbocycles. The number of rotatable bonds is 5. The van der Waals surface area contributed by atoms with Gasteiger partial charge in [-0.2, -0.15) is 0 Å². The summed E-state index contributed by atoms with van der Waals surface area (Å²) in [5.41, 5.74) is 6.29. The third-order valence-electron chi connectivity index (χ3n) is 4.31. The van der Waals surface area contributed by atoms with Crippen molar-refractivity contribution in [2.24, 2.45) is 11.1 Å². The molecule has 24 heavy (non-hydrogen) atoms. The van der Waals surface area contributed by atoms with Crippen LogP contribution in [0.1, 0.15) is 44.0 Å². The standard InChI is InChI=1S/C18H25N3O3/c1-18(2,3)15(20-13-7-4-6-12(10-13)11-22)17(24)21-9-5-8-14(21)16(19)23/h4,6-7,10-11,14-15,20H,5,8-9H2,1-3H3,(H2,19,23)/t14?,15-/m1/s1. The van der Waals surface area contributed by atoms with Gasteiger partial charge >= 0.3 is 0 Å². The van der Waals surface area contributed by atoms with Gasteiger partial charge in [-0.15, -0.1) is 0 Å². The highest BCUT2D eigenvalue weighted by Gasteiger charge is 2.40. The molecule has 1 fully saturated rings. The van der Waals surface area contributed by atoms with Gasteiger partial charge < -0.3 is 16.0 Å². The predicted molar refractivity (Wildman–Crippen MR) is 92.6 cm³/mol. The number of carbonyl (C=O) groups excluding carboxylic acids is 3. The van der Waals surface area contributed by atoms with Gasteiger partial charge in [-0.1, -0.05) is 32.9 Å². The van der Waals surface area contributed by atoms with E-state index in [-0.39, 0.29) is 11.3 Å². The van der Waals surface area contributed by atoms with Gasteiger partial charge in [-0.25, -0.2) is 0 Å². The van der Waals surface area contributed by atoms with E-state index in [1.54, 1.807) is 23.1 Å². The topological polar surface area (TPSA) is 92.5 Å². The van der Waals surface area contributed by atoms with Gasteiger partial charge in [0.25, 0.3) is 0 Å². The van der Waals surface area contributed by atoms with Crippen molar-refractivity contribution >= 4 is 23.8 Å². The Morgan fingerprint density at radius 2 is 2.08 bits per heavy atom. The second-order valence-corrected chi connectivity index (χ2v) is 7.28. The average Bonchev–Trinajstić information content (AvgIpc) is 3.01. The Morgan fingerprint density at radius 3 is 2.67 bits per heavy atom. The van der Waals surface area contributed by atoms with Crippen molar-refractivity contribution in [2.45, 2.75) is 45.7 Å². The van der Waals surface area contributed by atoms with Gasteiger partial charge in [-0.3, -0.25) is 14.4 Å². The minimum Gasteiger partial charge on any atom is -0.373 e. The number of aldehydes is 1. The Balaban J connectivity index is 2.26.